The van der Waals surface area contributed by atoms with Gasteiger partial charge in [-0.25, -0.2) is 0 Å². The van der Waals surface area contributed by atoms with Crippen LogP contribution in [-0.4, -0.2) is 19.1 Å². The van der Waals surface area contributed by atoms with E-state index in [1.807, 2.05) is 7.05 Å². The van der Waals surface area contributed by atoms with Gasteiger partial charge >= 0.3 is 0 Å². The maximum atomic E-state index is 4.01. The highest BCUT2D eigenvalue weighted by Gasteiger charge is 2.14. The molecular formula is C10H22N2. The van der Waals surface area contributed by atoms with Crippen molar-refractivity contribution < 1.29 is 0 Å². The third-order valence-corrected chi connectivity index (χ3v) is 1.83. The number of nitrogens with one attached hydrogen (secondary N) is 2. The molecule has 0 aromatic heterocycles. The van der Waals surface area contributed by atoms with E-state index in [2.05, 4.69) is 44.9 Å². The van der Waals surface area contributed by atoms with Gasteiger partial charge in [0.25, 0.3) is 0 Å². The van der Waals surface area contributed by atoms with Crippen molar-refractivity contribution in [2.45, 2.75) is 39.8 Å². The lowest BCUT2D eigenvalue weighted by atomic mass is 10.0. The highest BCUT2D eigenvalue weighted by Crippen LogP contribution is 2.07. The van der Waals surface area contributed by atoms with Crippen LogP contribution >= 0.6 is 0 Å². The fourth-order valence-corrected chi connectivity index (χ4v) is 1.37. The molecule has 1 unspecified atom stereocenters. The van der Waals surface area contributed by atoms with Gasteiger partial charge in [0.1, 0.15) is 0 Å². The first kappa shape index (κ1) is 11.5. The van der Waals surface area contributed by atoms with Crippen molar-refractivity contribution in [2.24, 2.45) is 5.92 Å². The largest absolute Gasteiger partial charge is 0.385 e. The predicted octanol–water partition coefficient (Wildman–Crippen LogP) is 1.74. The molecule has 0 amide bonds. The summed E-state index contributed by atoms with van der Waals surface area (Å²) in [4.78, 5) is 0. The van der Waals surface area contributed by atoms with E-state index in [1.54, 1.807) is 0 Å². The van der Waals surface area contributed by atoms with Gasteiger partial charge in [0.2, 0.25) is 0 Å². The normalized spacial score (nSPS) is 13.6. The molecule has 0 heterocycles. The molecule has 2 nitrogen and oxygen atoms in total. The summed E-state index contributed by atoms with van der Waals surface area (Å²) in [6.45, 7) is 12.6. The van der Waals surface area contributed by atoms with Gasteiger partial charge in [-0.15, -0.1) is 0 Å². The van der Waals surface area contributed by atoms with E-state index in [4.69, 9.17) is 0 Å². The molecule has 2 heteroatoms. The Labute approximate surface area is 76.4 Å². The summed E-state index contributed by atoms with van der Waals surface area (Å²) in [6.07, 6.45) is 0. The van der Waals surface area contributed by atoms with Crippen molar-refractivity contribution in [2.75, 3.05) is 7.05 Å². The molecule has 0 radical (unpaired) electrons. The van der Waals surface area contributed by atoms with Crippen LogP contribution in [0.1, 0.15) is 27.7 Å². The van der Waals surface area contributed by atoms with Gasteiger partial charge in [-0.05, 0) is 26.8 Å². The number of hydrogen-bond donors (Lipinski definition) is 2. The second-order valence-electron chi connectivity index (χ2n) is 3.83. The van der Waals surface area contributed by atoms with Crippen molar-refractivity contribution in [3.63, 3.8) is 0 Å². The maximum absolute atomic E-state index is 4.01. The SMILES string of the molecule is C=C(NC(C)C)C(NC)C(C)C. The third kappa shape index (κ3) is 3.77. The van der Waals surface area contributed by atoms with E-state index in [9.17, 15) is 0 Å². The van der Waals surface area contributed by atoms with E-state index in [1.165, 1.54) is 0 Å². The summed E-state index contributed by atoms with van der Waals surface area (Å²) in [5, 5.41) is 6.56. The van der Waals surface area contributed by atoms with Crippen LogP contribution in [0.4, 0.5) is 0 Å². The first-order valence-corrected chi connectivity index (χ1v) is 4.61. The van der Waals surface area contributed by atoms with Gasteiger partial charge in [0.05, 0.1) is 0 Å². The third-order valence-electron chi connectivity index (χ3n) is 1.83. The lowest BCUT2D eigenvalue weighted by Gasteiger charge is -2.25. The molecule has 0 aliphatic heterocycles. The van der Waals surface area contributed by atoms with Crippen molar-refractivity contribution in [3.05, 3.63) is 12.3 Å². The van der Waals surface area contributed by atoms with E-state index in [-0.39, 0.29) is 0 Å². The summed E-state index contributed by atoms with van der Waals surface area (Å²) in [6, 6.07) is 0.833. The van der Waals surface area contributed by atoms with Crippen LogP contribution in [0.15, 0.2) is 12.3 Å². The second-order valence-corrected chi connectivity index (χ2v) is 3.83. The molecule has 0 aliphatic rings. The minimum Gasteiger partial charge on any atom is -0.385 e. The lowest BCUT2D eigenvalue weighted by molar-refractivity contribution is 0.445. The van der Waals surface area contributed by atoms with Crippen LogP contribution in [-0.2, 0) is 0 Å². The summed E-state index contributed by atoms with van der Waals surface area (Å²) in [7, 11) is 1.97. The van der Waals surface area contributed by atoms with Gasteiger partial charge in [0.15, 0.2) is 0 Å². The van der Waals surface area contributed by atoms with Gasteiger partial charge in [-0.1, -0.05) is 20.4 Å². The molecule has 2 N–H and O–H groups in total. The quantitative estimate of drug-likeness (QED) is 0.657. The van der Waals surface area contributed by atoms with Crippen molar-refractivity contribution in [3.8, 4) is 0 Å². The zero-order valence-electron chi connectivity index (χ0n) is 8.94. The molecular weight excluding hydrogens is 148 g/mol. The second kappa shape index (κ2) is 5.20. The van der Waals surface area contributed by atoms with Crippen molar-refractivity contribution in [1.82, 2.24) is 10.6 Å². The molecule has 12 heavy (non-hydrogen) atoms. The molecule has 0 aromatic carbocycles. The van der Waals surface area contributed by atoms with Gasteiger partial charge < -0.3 is 10.6 Å². The van der Waals surface area contributed by atoms with Gasteiger partial charge in [-0.2, -0.15) is 0 Å². The Morgan fingerprint density at radius 2 is 1.67 bits per heavy atom. The van der Waals surface area contributed by atoms with E-state index in [0.29, 0.717) is 18.0 Å². The highest BCUT2D eigenvalue weighted by molar-refractivity contribution is 5.04. The average Bonchev–Trinajstić information content (AvgIpc) is 1.85. The zero-order chi connectivity index (χ0) is 9.72. The molecule has 0 rings (SSSR count). The Morgan fingerprint density at radius 3 is 1.92 bits per heavy atom. The van der Waals surface area contributed by atoms with Gasteiger partial charge in [-0.3, -0.25) is 0 Å². The molecule has 1 atom stereocenters. The average molecular weight is 170 g/mol. The van der Waals surface area contributed by atoms with Crippen LogP contribution in [0.2, 0.25) is 0 Å². The highest BCUT2D eigenvalue weighted by atomic mass is 15.0. The first-order valence-electron chi connectivity index (χ1n) is 4.61. The fraction of sp³-hybridized carbons (Fsp3) is 0.800. The fourth-order valence-electron chi connectivity index (χ4n) is 1.37. The smallest absolute Gasteiger partial charge is 0.0484 e. The standard InChI is InChI=1S/C10H22N2/c1-7(2)10(11-6)9(5)12-8(3)4/h7-8,10-12H,5H2,1-4,6H3. The Bertz CT molecular complexity index is 139. The number of hydrogen-bond acceptors (Lipinski definition) is 2. The molecule has 0 saturated heterocycles. The summed E-state index contributed by atoms with van der Waals surface area (Å²) >= 11 is 0. The molecule has 0 saturated carbocycles. The Balaban J connectivity index is 4.04. The van der Waals surface area contributed by atoms with Gasteiger partial charge in [0, 0.05) is 17.8 Å². The predicted molar refractivity (Wildman–Crippen MR) is 55.1 cm³/mol. The van der Waals surface area contributed by atoms with E-state index in [0.717, 1.165) is 5.70 Å². The van der Waals surface area contributed by atoms with Crippen LogP contribution in [0.25, 0.3) is 0 Å². The molecule has 0 bridgehead atoms. The Morgan fingerprint density at radius 1 is 1.17 bits per heavy atom. The topological polar surface area (TPSA) is 24.1 Å². The van der Waals surface area contributed by atoms with Crippen LogP contribution < -0.4 is 10.6 Å². The number of rotatable bonds is 5. The molecule has 72 valence electrons. The van der Waals surface area contributed by atoms with Crippen LogP contribution in [0.3, 0.4) is 0 Å². The first-order chi connectivity index (χ1) is 5.49. The van der Waals surface area contributed by atoms with E-state index >= 15 is 0 Å². The monoisotopic (exact) mass is 170 g/mol. The van der Waals surface area contributed by atoms with E-state index < -0.39 is 0 Å². The van der Waals surface area contributed by atoms with Crippen LogP contribution in [0, 0.1) is 5.92 Å². The lowest BCUT2D eigenvalue weighted by Crippen LogP contribution is -2.39. The molecule has 0 fully saturated rings. The number of likely N-dealkylation sites (N-methyl/N-ethyl adjacent to an activating group) is 1. The molecule has 0 aliphatic carbocycles. The molecule has 0 spiro atoms. The molecule has 0 aromatic rings. The maximum Gasteiger partial charge on any atom is 0.0484 e. The summed E-state index contributed by atoms with van der Waals surface area (Å²) in [5.41, 5.74) is 1.09. The Kier molecular flexibility index (Phi) is 4.98. The summed E-state index contributed by atoms with van der Waals surface area (Å²) < 4.78 is 0. The summed E-state index contributed by atoms with van der Waals surface area (Å²) in [5.74, 6) is 0.578. The minimum atomic E-state index is 0.368. The van der Waals surface area contributed by atoms with Crippen molar-refractivity contribution in [1.29, 1.82) is 0 Å². The van der Waals surface area contributed by atoms with Crippen molar-refractivity contribution >= 4 is 0 Å². The zero-order valence-corrected chi connectivity index (χ0v) is 8.94. The Hall–Kier alpha value is -0.500. The minimum absolute atomic E-state index is 0.368. The van der Waals surface area contributed by atoms with Crippen LogP contribution in [0.5, 0.6) is 0 Å².